The van der Waals surface area contributed by atoms with Gasteiger partial charge in [-0.25, -0.2) is 0 Å². The van der Waals surface area contributed by atoms with Crippen molar-refractivity contribution in [2.24, 2.45) is 0 Å². The average molecular weight is 501 g/mol. The summed E-state index contributed by atoms with van der Waals surface area (Å²) < 4.78 is 5.24. The number of hydrogen-bond acceptors (Lipinski definition) is 4. The van der Waals surface area contributed by atoms with Crippen LogP contribution in [-0.2, 0) is 14.3 Å². The maximum atomic E-state index is 11.6. The molecule has 0 amide bonds. The van der Waals surface area contributed by atoms with Gasteiger partial charge in [-0.1, -0.05) is 135 Å². The van der Waals surface area contributed by atoms with E-state index in [0.29, 0.717) is 24.5 Å². The Balaban J connectivity index is 3.11. The van der Waals surface area contributed by atoms with E-state index in [0.717, 1.165) is 12.8 Å². The van der Waals surface area contributed by atoms with Gasteiger partial charge >= 0.3 is 11.9 Å². The van der Waals surface area contributed by atoms with Crippen LogP contribution in [-0.4, -0.2) is 35.2 Å². The molecule has 0 aromatic carbocycles. The van der Waals surface area contributed by atoms with E-state index < -0.39 is 5.97 Å². The highest BCUT2D eigenvalue weighted by Crippen LogP contribution is 2.15. The largest absolute Gasteiger partial charge is 0.481 e. The molecule has 0 rings (SSSR count). The van der Waals surface area contributed by atoms with Gasteiger partial charge in [0.15, 0.2) is 0 Å². The molecule has 202 valence electrons. The first kappa shape index (κ1) is 33.3. The van der Waals surface area contributed by atoms with Crippen molar-refractivity contribution >= 4 is 23.7 Å². The molecular formula is C29H56O4S. The van der Waals surface area contributed by atoms with Crippen LogP contribution < -0.4 is 0 Å². The summed E-state index contributed by atoms with van der Waals surface area (Å²) in [5, 5.41) is 8.56. The van der Waals surface area contributed by atoms with Gasteiger partial charge in [-0.3, -0.25) is 9.59 Å². The molecule has 0 heterocycles. The minimum absolute atomic E-state index is 0.152. The molecule has 1 N–H and O–H groups in total. The van der Waals surface area contributed by atoms with E-state index in [1.165, 1.54) is 134 Å². The molecule has 0 aliphatic carbocycles. The van der Waals surface area contributed by atoms with E-state index in [-0.39, 0.29) is 12.4 Å². The Kier molecular flexibility index (Phi) is 27.9. The molecule has 5 heteroatoms. The first-order chi connectivity index (χ1) is 16.7. The summed E-state index contributed by atoms with van der Waals surface area (Å²) in [7, 11) is 0. The zero-order valence-electron chi connectivity index (χ0n) is 22.5. The van der Waals surface area contributed by atoms with Gasteiger partial charge in [0, 0.05) is 11.5 Å². The van der Waals surface area contributed by atoms with Crippen molar-refractivity contribution < 1.29 is 19.4 Å². The monoisotopic (exact) mass is 500 g/mol. The third kappa shape index (κ3) is 29.3. The van der Waals surface area contributed by atoms with Crippen LogP contribution in [0, 0.1) is 0 Å². The zero-order chi connectivity index (χ0) is 25.0. The van der Waals surface area contributed by atoms with Crippen molar-refractivity contribution in [3.63, 3.8) is 0 Å². The van der Waals surface area contributed by atoms with Gasteiger partial charge in [0.05, 0.1) is 19.4 Å². The topological polar surface area (TPSA) is 63.6 Å². The lowest BCUT2D eigenvalue weighted by Crippen LogP contribution is -2.07. The summed E-state index contributed by atoms with van der Waals surface area (Å²) in [4.78, 5) is 22.0. The molecule has 34 heavy (non-hydrogen) atoms. The molecule has 0 aliphatic heterocycles. The van der Waals surface area contributed by atoms with Gasteiger partial charge in [-0.05, 0) is 6.42 Å². The fourth-order valence-electron chi connectivity index (χ4n) is 4.21. The number of hydrogen-bond donors (Lipinski definition) is 1. The second-order valence-electron chi connectivity index (χ2n) is 9.80. The summed E-state index contributed by atoms with van der Waals surface area (Å²) in [5.74, 6) is 0.258. The molecule has 0 aromatic heterocycles. The highest BCUT2D eigenvalue weighted by Gasteiger charge is 2.04. The van der Waals surface area contributed by atoms with E-state index in [2.05, 4.69) is 6.92 Å². The maximum Gasteiger partial charge on any atom is 0.306 e. The molecule has 0 saturated carbocycles. The third-order valence-electron chi connectivity index (χ3n) is 6.42. The lowest BCUT2D eigenvalue weighted by Gasteiger charge is -2.05. The second-order valence-corrected chi connectivity index (χ2v) is 11.0. The summed E-state index contributed by atoms with van der Waals surface area (Å²) in [6.07, 6.45) is 29.3. The Morgan fingerprint density at radius 2 is 0.912 bits per heavy atom. The summed E-state index contributed by atoms with van der Waals surface area (Å²) in [6.45, 7) is 2.81. The standard InChI is InChI=1S/C29H56O4S/c1-2-3-4-5-6-7-8-9-10-11-12-13-14-15-16-17-18-19-20-21-22-25-33-29(32)24-27-34-26-23-28(30)31/h2-27H2,1H3,(H,30,31). The van der Waals surface area contributed by atoms with Crippen LogP contribution in [0.2, 0.25) is 0 Å². The number of rotatable bonds is 28. The van der Waals surface area contributed by atoms with E-state index in [1.54, 1.807) is 0 Å². The lowest BCUT2D eigenvalue weighted by atomic mass is 10.0. The normalized spacial score (nSPS) is 11.1. The molecule has 0 atom stereocenters. The summed E-state index contributed by atoms with van der Waals surface area (Å²) in [6, 6.07) is 0. The smallest absolute Gasteiger partial charge is 0.306 e. The Morgan fingerprint density at radius 3 is 1.29 bits per heavy atom. The van der Waals surface area contributed by atoms with Crippen molar-refractivity contribution in [3.05, 3.63) is 0 Å². The number of esters is 1. The fraction of sp³-hybridized carbons (Fsp3) is 0.931. The van der Waals surface area contributed by atoms with Crippen molar-refractivity contribution in [2.75, 3.05) is 18.1 Å². The van der Waals surface area contributed by atoms with Gasteiger partial charge in [0.25, 0.3) is 0 Å². The molecule has 0 unspecified atom stereocenters. The van der Waals surface area contributed by atoms with Crippen LogP contribution in [0.3, 0.4) is 0 Å². The molecule has 0 fully saturated rings. The molecule has 0 aliphatic rings. The second kappa shape index (κ2) is 28.5. The quantitative estimate of drug-likeness (QED) is 0.0856. The van der Waals surface area contributed by atoms with E-state index in [9.17, 15) is 9.59 Å². The van der Waals surface area contributed by atoms with Crippen LogP contribution in [0.1, 0.15) is 155 Å². The molecule has 0 saturated heterocycles. The lowest BCUT2D eigenvalue weighted by molar-refractivity contribution is -0.143. The van der Waals surface area contributed by atoms with Crippen LogP contribution in [0.15, 0.2) is 0 Å². The minimum atomic E-state index is -0.787. The molecule has 0 aromatic rings. The number of thioether (sulfide) groups is 1. The third-order valence-corrected chi connectivity index (χ3v) is 7.41. The first-order valence-electron chi connectivity index (χ1n) is 14.6. The van der Waals surface area contributed by atoms with Crippen molar-refractivity contribution in [1.29, 1.82) is 0 Å². The van der Waals surface area contributed by atoms with Crippen LogP contribution in [0.4, 0.5) is 0 Å². The molecule has 0 radical (unpaired) electrons. The number of unbranched alkanes of at least 4 members (excludes halogenated alkanes) is 20. The number of ether oxygens (including phenoxy) is 1. The van der Waals surface area contributed by atoms with Gasteiger partial charge in [0.1, 0.15) is 0 Å². The fourth-order valence-corrected chi connectivity index (χ4v) is 5.04. The van der Waals surface area contributed by atoms with Crippen LogP contribution in [0.5, 0.6) is 0 Å². The van der Waals surface area contributed by atoms with Crippen molar-refractivity contribution in [1.82, 2.24) is 0 Å². The number of carbonyl (C=O) groups is 2. The van der Waals surface area contributed by atoms with E-state index in [1.807, 2.05) is 0 Å². The predicted octanol–water partition coefficient (Wildman–Crippen LogP) is 9.34. The van der Waals surface area contributed by atoms with Crippen molar-refractivity contribution in [3.8, 4) is 0 Å². The number of carboxylic acids is 1. The number of aliphatic carboxylic acids is 1. The highest BCUT2D eigenvalue weighted by molar-refractivity contribution is 7.99. The number of carboxylic acid groups (broad SMARTS) is 1. The number of carbonyl (C=O) groups excluding carboxylic acids is 1. The first-order valence-corrected chi connectivity index (χ1v) is 15.8. The van der Waals surface area contributed by atoms with Gasteiger partial charge in [-0.15, -0.1) is 0 Å². The van der Waals surface area contributed by atoms with Gasteiger partial charge in [0.2, 0.25) is 0 Å². The summed E-state index contributed by atoms with van der Waals surface area (Å²) in [5.41, 5.74) is 0. The molecular weight excluding hydrogens is 444 g/mol. The molecule has 0 bridgehead atoms. The maximum absolute atomic E-state index is 11.6. The van der Waals surface area contributed by atoms with E-state index in [4.69, 9.17) is 9.84 Å². The summed E-state index contributed by atoms with van der Waals surface area (Å²) >= 11 is 1.50. The Labute approximate surface area is 215 Å². The average Bonchev–Trinajstić information content (AvgIpc) is 2.82. The van der Waals surface area contributed by atoms with Crippen LogP contribution >= 0.6 is 11.8 Å². The molecule has 0 spiro atoms. The van der Waals surface area contributed by atoms with Crippen molar-refractivity contribution in [2.45, 2.75) is 155 Å². The zero-order valence-corrected chi connectivity index (χ0v) is 23.3. The Hall–Kier alpha value is -0.710. The highest BCUT2D eigenvalue weighted by atomic mass is 32.2. The Bertz CT molecular complexity index is 442. The van der Waals surface area contributed by atoms with Gasteiger partial charge < -0.3 is 9.84 Å². The molecule has 4 nitrogen and oxygen atoms in total. The van der Waals surface area contributed by atoms with Gasteiger partial charge in [-0.2, -0.15) is 11.8 Å². The minimum Gasteiger partial charge on any atom is -0.481 e. The Morgan fingerprint density at radius 1 is 0.559 bits per heavy atom. The predicted molar refractivity (Wildman–Crippen MR) is 148 cm³/mol. The van der Waals surface area contributed by atoms with E-state index >= 15 is 0 Å². The SMILES string of the molecule is CCCCCCCCCCCCCCCCCCCCCCCOC(=O)CCSCCC(=O)O. The van der Waals surface area contributed by atoms with Crippen LogP contribution in [0.25, 0.3) is 0 Å².